The fourth-order valence-corrected chi connectivity index (χ4v) is 3.54. The van der Waals surface area contributed by atoms with Crippen molar-refractivity contribution in [2.24, 2.45) is 0 Å². The summed E-state index contributed by atoms with van der Waals surface area (Å²) in [6.45, 7) is 0. The predicted molar refractivity (Wildman–Crippen MR) is 87.1 cm³/mol. The monoisotopic (exact) mass is 372 g/mol. The molecule has 0 fully saturated rings. The van der Waals surface area contributed by atoms with E-state index in [2.05, 4.69) is 26.2 Å². The lowest BCUT2D eigenvalue weighted by atomic mass is 10.3. The number of thiazole rings is 1. The normalized spacial score (nSPS) is 10.9. The predicted octanol–water partition coefficient (Wildman–Crippen LogP) is 6.11. The van der Waals surface area contributed by atoms with Gasteiger partial charge in [0.1, 0.15) is 0 Å². The second-order valence-electron chi connectivity index (χ2n) is 3.88. The summed E-state index contributed by atoms with van der Waals surface area (Å²) in [5.74, 6) is 0. The fraction of sp³-hybridized carbons (Fsp3) is 0. The van der Waals surface area contributed by atoms with E-state index in [1.54, 1.807) is 23.5 Å². The molecular weight excluding hydrogens is 367 g/mol. The highest BCUT2D eigenvalue weighted by Crippen LogP contribution is 2.33. The lowest BCUT2D eigenvalue weighted by molar-refractivity contribution is 1.44. The van der Waals surface area contributed by atoms with E-state index < -0.39 is 0 Å². The number of benzene rings is 2. The molecule has 0 bridgehead atoms. The number of nitrogens with zero attached hydrogens (tertiary/aromatic N) is 1. The summed E-state index contributed by atoms with van der Waals surface area (Å²) in [6, 6.07) is 11.3. The first kappa shape index (κ1) is 13.2. The van der Waals surface area contributed by atoms with E-state index in [4.69, 9.17) is 23.2 Å². The summed E-state index contributed by atoms with van der Waals surface area (Å²) in [6.07, 6.45) is 0. The Labute approximate surface area is 132 Å². The Morgan fingerprint density at radius 1 is 1.11 bits per heavy atom. The number of nitrogens with one attached hydrogen (secondary N) is 1. The van der Waals surface area contributed by atoms with Crippen LogP contribution >= 0.6 is 50.5 Å². The van der Waals surface area contributed by atoms with Gasteiger partial charge >= 0.3 is 0 Å². The van der Waals surface area contributed by atoms with Crippen LogP contribution in [0.1, 0.15) is 0 Å². The first-order valence-electron chi connectivity index (χ1n) is 5.40. The van der Waals surface area contributed by atoms with Gasteiger partial charge in [0.05, 0.1) is 20.9 Å². The maximum atomic E-state index is 6.13. The Balaban J connectivity index is 1.96. The van der Waals surface area contributed by atoms with Gasteiger partial charge in [-0.2, -0.15) is 0 Å². The Kier molecular flexibility index (Phi) is 3.67. The second kappa shape index (κ2) is 5.29. The number of anilines is 2. The van der Waals surface area contributed by atoms with Gasteiger partial charge < -0.3 is 5.32 Å². The van der Waals surface area contributed by atoms with Crippen LogP contribution in [-0.4, -0.2) is 4.98 Å². The van der Waals surface area contributed by atoms with Crippen LogP contribution < -0.4 is 5.32 Å². The van der Waals surface area contributed by atoms with Crippen LogP contribution in [0.25, 0.3) is 10.2 Å². The average Bonchev–Trinajstić information content (AvgIpc) is 2.74. The molecule has 6 heteroatoms. The lowest BCUT2D eigenvalue weighted by Crippen LogP contribution is -1.89. The lowest BCUT2D eigenvalue weighted by Gasteiger charge is -2.04. The van der Waals surface area contributed by atoms with Crippen LogP contribution in [0, 0.1) is 0 Å². The van der Waals surface area contributed by atoms with E-state index in [1.165, 1.54) is 0 Å². The SMILES string of the molecule is Clc1ccc(Nc2nc3ccc(Br)cc3s2)c(Cl)c1. The van der Waals surface area contributed by atoms with Crippen molar-refractivity contribution in [3.8, 4) is 0 Å². The van der Waals surface area contributed by atoms with Crippen LogP contribution in [0.2, 0.25) is 10.0 Å². The van der Waals surface area contributed by atoms with Crippen LogP contribution in [0.5, 0.6) is 0 Å². The molecule has 3 rings (SSSR count). The van der Waals surface area contributed by atoms with E-state index in [-0.39, 0.29) is 0 Å². The van der Waals surface area contributed by atoms with Crippen molar-refractivity contribution in [2.75, 3.05) is 5.32 Å². The molecule has 1 aromatic heterocycles. The van der Waals surface area contributed by atoms with E-state index in [1.807, 2.05) is 24.3 Å². The number of halogens is 3. The smallest absolute Gasteiger partial charge is 0.188 e. The fourth-order valence-electron chi connectivity index (χ4n) is 1.66. The molecule has 0 radical (unpaired) electrons. The van der Waals surface area contributed by atoms with Gasteiger partial charge in [-0.15, -0.1) is 0 Å². The van der Waals surface area contributed by atoms with Crippen LogP contribution in [0.3, 0.4) is 0 Å². The molecule has 0 unspecified atom stereocenters. The summed E-state index contributed by atoms with van der Waals surface area (Å²) >= 11 is 17.0. The molecule has 3 aromatic rings. The van der Waals surface area contributed by atoms with Gasteiger partial charge in [0, 0.05) is 9.50 Å². The molecule has 0 saturated carbocycles. The van der Waals surface area contributed by atoms with Gasteiger partial charge in [-0.1, -0.05) is 50.5 Å². The molecule has 0 aliphatic rings. The minimum absolute atomic E-state index is 0.577. The summed E-state index contributed by atoms with van der Waals surface area (Å²) in [5.41, 5.74) is 1.75. The molecule has 1 heterocycles. The van der Waals surface area contributed by atoms with Crippen molar-refractivity contribution in [3.63, 3.8) is 0 Å². The van der Waals surface area contributed by atoms with Gasteiger partial charge in [-0.3, -0.25) is 0 Å². The molecule has 19 heavy (non-hydrogen) atoms. The third kappa shape index (κ3) is 2.87. The van der Waals surface area contributed by atoms with Gasteiger partial charge in [-0.05, 0) is 36.4 Å². The number of fused-ring (bicyclic) bond motifs is 1. The van der Waals surface area contributed by atoms with Crippen LogP contribution in [0.4, 0.5) is 10.8 Å². The first-order chi connectivity index (χ1) is 9.11. The molecule has 1 N–H and O–H groups in total. The van der Waals surface area contributed by atoms with E-state index in [9.17, 15) is 0 Å². The zero-order valence-electron chi connectivity index (χ0n) is 9.45. The van der Waals surface area contributed by atoms with Crippen molar-refractivity contribution in [2.45, 2.75) is 0 Å². The summed E-state index contributed by atoms with van der Waals surface area (Å²) < 4.78 is 2.15. The zero-order valence-corrected chi connectivity index (χ0v) is 13.4. The largest absolute Gasteiger partial charge is 0.330 e. The van der Waals surface area contributed by atoms with E-state index in [0.29, 0.717) is 10.0 Å². The minimum atomic E-state index is 0.577. The number of aromatic nitrogens is 1. The molecule has 0 aliphatic heterocycles. The highest BCUT2D eigenvalue weighted by atomic mass is 79.9. The van der Waals surface area contributed by atoms with Crippen molar-refractivity contribution in [3.05, 3.63) is 50.9 Å². The van der Waals surface area contributed by atoms with Crippen LogP contribution in [0.15, 0.2) is 40.9 Å². The number of hydrogen-bond donors (Lipinski definition) is 1. The summed E-state index contributed by atoms with van der Waals surface area (Å²) in [4.78, 5) is 4.51. The zero-order chi connectivity index (χ0) is 13.4. The summed E-state index contributed by atoms with van der Waals surface area (Å²) in [5, 5.41) is 5.20. The van der Waals surface area contributed by atoms with Crippen molar-refractivity contribution >= 4 is 71.5 Å². The van der Waals surface area contributed by atoms with Gasteiger partial charge in [0.2, 0.25) is 0 Å². The Hall–Kier alpha value is -0.810. The molecule has 0 amide bonds. The average molecular weight is 374 g/mol. The van der Waals surface area contributed by atoms with Gasteiger partial charge in [0.15, 0.2) is 5.13 Å². The van der Waals surface area contributed by atoms with Crippen molar-refractivity contribution in [1.29, 1.82) is 0 Å². The topological polar surface area (TPSA) is 24.9 Å². The molecule has 0 aliphatic carbocycles. The van der Waals surface area contributed by atoms with Crippen molar-refractivity contribution in [1.82, 2.24) is 4.98 Å². The first-order valence-corrected chi connectivity index (χ1v) is 7.76. The minimum Gasteiger partial charge on any atom is -0.330 e. The summed E-state index contributed by atoms with van der Waals surface area (Å²) in [7, 11) is 0. The molecule has 2 aromatic carbocycles. The molecule has 0 spiro atoms. The highest BCUT2D eigenvalue weighted by Gasteiger charge is 2.07. The van der Waals surface area contributed by atoms with E-state index in [0.717, 1.165) is 25.5 Å². The Morgan fingerprint density at radius 3 is 2.74 bits per heavy atom. The molecule has 96 valence electrons. The third-order valence-corrected chi connectivity index (χ3v) is 4.50. The Bertz CT molecular complexity index is 757. The number of rotatable bonds is 2. The van der Waals surface area contributed by atoms with Gasteiger partial charge in [0.25, 0.3) is 0 Å². The van der Waals surface area contributed by atoms with Gasteiger partial charge in [-0.25, -0.2) is 4.98 Å². The maximum Gasteiger partial charge on any atom is 0.188 e. The number of hydrogen-bond acceptors (Lipinski definition) is 3. The Morgan fingerprint density at radius 2 is 1.95 bits per heavy atom. The molecular formula is C13H7BrCl2N2S. The molecule has 0 atom stereocenters. The van der Waals surface area contributed by atoms with E-state index >= 15 is 0 Å². The standard InChI is InChI=1S/C13H7BrCl2N2S/c14-7-1-3-11-12(5-7)19-13(18-11)17-10-4-2-8(15)6-9(10)16/h1-6H,(H,17,18). The third-order valence-electron chi connectivity index (χ3n) is 2.52. The second-order valence-corrected chi connectivity index (χ2v) is 6.67. The quantitative estimate of drug-likeness (QED) is 0.586. The molecule has 2 nitrogen and oxygen atoms in total. The van der Waals surface area contributed by atoms with Crippen LogP contribution in [-0.2, 0) is 0 Å². The van der Waals surface area contributed by atoms with Crippen molar-refractivity contribution < 1.29 is 0 Å². The molecule has 0 saturated heterocycles. The highest BCUT2D eigenvalue weighted by molar-refractivity contribution is 9.10. The maximum absolute atomic E-state index is 6.13.